The Morgan fingerprint density at radius 1 is 1.36 bits per heavy atom. The SMILES string of the molecule is Nc1ncnc2cc(C=NO)ccc12. The first kappa shape index (κ1) is 8.43. The third kappa shape index (κ3) is 1.35. The van der Waals surface area contributed by atoms with Crippen LogP contribution in [-0.2, 0) is 0 Å². The Hall–Kier alpha value is -2.17. The number of nitrogen functional groups attached to an aromatic ring is 1. The normalized spacial score (nSPS) is 11.1. The van der Waals surface area contributed by atoms with E-state index in [0.717, 1.165) is 16.5 Å². The maximum atomic E-state index is 8.36. The number of hydrogen-bond donors (Lipinski definition) is 2. The van der Waals surface area contributed by atoms with E-state index in [4.69, 9.17) is 10.9 Å². The van der Waals surface area contributed by atoms with E-state index in [2.05, 4.69) is 15.1 Å². The van der Waals surface area contributed by atoms with Crippen LogP contribution in [0.4, 0.5) is 5.82 Å². The summed E-state index contributed by atoms with van der Waals surface area (Å²) in [7, 11) is 0. The standard InChI is InChI=1S/C9H8N4O/c10-9-7-2-1-6(4-13-14)3-8(7)11-5-12-9/h1-5,14H,(H2,10,11,12). The zero-order chi connectivity index (χ0) is 9.97. The van der Waals surface area contributed by atoms with Crippen molar-refractivity contribution >= 4 is 22.9 Å². The Morgan fingerprint density at radius 3 is 3.00 bits per heavy atom. The molecule has 3 N–H and O–H groups in total. The van der Waals surface area contributed by atoms with E-state index in [0.29, 0.717) is 5.82 Å². The van der Waals surface area contributed by atoms with E-state index in [1.54, 1.807) is 18.2 Å². The molecule has 0 aliphatic carbocycles. The Labute approximate surface area is 79.9 Å². The van der Waals surface area contributed by atoms with Gasteiger partial charge in [-0.15, -0.1) is 0 Å². The number of rotatable bonds is 1. The van der Waals surface area contributed by atoms with Crippen molar-refractivity contribution in [2.45, 2.75) is 0 Å². The van der Waals surface area contributed by atoms with Gasteiger partial charge in [0.1, 0.15) is 12.1 Å². The predicted molar refractivity (Wildman–Crippen MR) is 53.3 cm³/mol. The van der Waals surface area contributed by atoms with Gasteiger partial charge in [0.25, 0.3) is 0 Å². The van der Waals surface area contributed by atoms with E-state index in [-0.39, 0.29) is 0 Å². The van der Waals surface area contributed by atoms with Crippen molar-refractivity contribution in [2.75, 3.05) is 5.73 Å². The Bertz CT molecular complexity index is 495. The van der Waals surface area contributed by atoms with Crippen molar-refractivity contribution in [2.24, 2.45) is 5.16 Å². The summed E-state index contributed by atoms with van der Waals surface area (Å²) < 4.78 is 0. The Kier molecular flexibility index (Phi) is 1.98. The smallest absolute Gasteiger partial charge is 0.134 e. The number of anilines is 1. The topological polar surface area (TPSA) is 84.4 Å². The molecule has 0 fully saturated rings. The van der Waals surface area contributed by atoms with Crippen LogP contribution in [0.1, 0.15) is 5.56 Å². The van der Waals surface area contributed by atoms with Crippen molar-refractivity contribution in [1.82, 2.24) is 9.97 Å². The fourth-order valence-corrected chi connectivity index (χ4v) is 1.24. The fourth-order valence-electron chi connectivity index (χ4n) is 1.24. The monoisotopic (exact) mass is 188 g/mol. The lowest BCUT2D eigenvalue weighted by atomic mass is 10.1. The number of aromatic nitrogens is 2. The van der Waals surface area contributed by atoms with Crippen LogP contribution >= 0.6 is 0 Å². The minimum absolute atomic E-state index is 0.447. The van der Waals surface area contributed by atoms with Gasteiger partial charge in [-0.05, 0) is 17.7 Å². The summed E-state index contributed by atoms with van der Waals surface area (Å²) in [5, 5.41) is 12.1. The molecule has 0 saturated heterocycles. The molecule has 0 unspecified atom stereocenters. The summed E-state index contributed by atoms with van der Waals surface area (Å²) in [4.78, 5) is 7.92. The largest absolute Gasteiger partial charge is 0.411 e. The highest BCUT2D eigenvalue weighted by Gasteiger charge is 1.99. The second-order valence-electron chi connectivity index (χ2n) is 2.78. The molecule has 1 aromatic carbocycles. The number of fused-ring (bicyclic) bond motifs is 1. The van der Waals surface area contributed by atoms with Gasteiger partial charge in [-0.25, -0.2) is 9.97 Å². The average molecular weight is 188 g/mol. The van der Waals surface area contributed by atoms with Crippen molar-refractivity contribution < 1.29 is 5.21 Å². The van der Waals surface area contributed by atoms with E-state index in [1.807, 2.05) is 0 Å². The average Bonchev–Trinajstić information content (AvgIpc) is 2.18. The molecule has 2 aromatic rings. The van der Waals surface area contributed by atoms with Crippen molar-refractivity contribution in [3.05, 3.63) is 30.1 Å². The molecular formula is C9H8N4O. The molecule has 0 amide bonds. The second-order valence-corrected chi connectivity index (χ2v) is 2.78. The van der Waals surface area contributed by atoms with Gasteiger partial charge < -0.3 is 10.9 Å². The van der Waals surface area contributed by atoms with E-state index in [1.165, 1.54) is 12.5 Å². The molecule has 0 bridgehead atoms. The molecule has 2 rings (SSSR count). The third-order valence-electron chi connectivity index (χ3n) is 1.90. The number of nitrogens with zero attached hydrogens (tertiary/aromatic N) is 3. The van der Waals surface area contributed by atoms with Gasteiger partial charge in [-0.1, -0.05) is 11.2 Å². The molecule has 5 nitrogen and oxygen atoms in total. The van der Waals surface area contributed by atoms with Gasteiger partial charge in [-0.3, -0.25) is 0 Å². The quantitative estimate of drug-likeness (QED) is 0.397. The minimum Gasteiger partial charge on any atom is -0.411 e. The van der Waals surface area contributed by atoms with Crippen molar-refractivity contribution in [1.29, 1.82) is 0 Å². The van der Waals surface area contributed by atoms with Crippen LogP contribution in [0.15, 0.2) is 29.7 Å². The first-order valence-corrected chi connectivity index (χ1v) is 3.99. The lowest BCUT2D eigenvalue weighted by molar-refractivity contribution is 0.322. The van der Waals surface area contributed by atoms with E-state index in [9.17, 15) is 0 Å². The van der Waals surface area contributed by atoms with Gasteiger partial charge in [0.15, 0.2) is 0 Å². The summed E-state index contributed by atoms with van der Waals surface area (Å²) in [5.74, 6) is 0.447. The molecule has 14 heavy (non-hydrogen) atoms. The first-order valence-electron chi connectivity index (χ1n) is 3.99. The number of nitrogens with two attached hydrogens (primary N) is 1. The van der Waals surface area contributed by atoms with Gasteiger partial charge >= 0.3 is 0 Å². The maximum absolute atomic E-state index is 8.36. The van der Waals surface area contributed by atoms with Crippen molar-refractivity contribution in [3.8, 4) is 0 Å². The minimum atomic E-state index is 0.447. The summed E-state index contributed by atoms with van der Waals surface area (Å²) >= 11 is 0. The van der Waals surface area contributed by atoms with Crippen LogP contribution in [0.2, 0.25) is 0 Å². The second kappa shape index (κ2) is 3.29. The van der Waals surface area contributed by atoms with Crippen LogP contribution in [0.5, 0.6) is 0 Å². The highest BCUT2D eigenvalue weighted by atomic mass is 16.4. The summed E-state index contributed by atoms with van der Waals surface area (Å²) in [6.07, 6.45) is 2.73. The maximum Gasteiger partial charge on any atom is 0.134 e. The number of oxime groups is 1. The number of hydrogen-bond acceptors (Lipinski definition) is 5. The van der Waals surface area contributed by atoms with Crippen molar-refractivity contribution in [3.63, 3.8) is 0 Å². The molecule has 0 atom stereocenters. The lowest BCUT2D eigenvalue weighted by Crippen LogP contribution is -1.93. The third-order valence-corrected chi connectivity index (χ3v) is 1.90. The van der Waals surface area contributed by atoms with Crippen LogP contribution in [0, 0.1) is 0 Å². The van der Waals surface area contributed by atoms with E-state index >= 15 is 0 Å². The summed E-state index contributed by atoms with van der Waals surface area (Å²) in [5.41, 5.74) is 7.14. The molecule has 70 valence electrons. The van der Waals surface area contributed by atoms with Crippen LogP contribution < -0.4 is 5.73 Å². The lowest BCUT2D eigenvalue weighted by Gasteiger charge is -1.99. The summed E-state index contributed by atoms with van der Waals surface area (Å²) in [6, 6.07) is 5.34. The predicted octanol–water partition coefficient (Wildman–Crippen LogP) is 1.02. The van der Waals surface area contributed by atoms with E-state index < -0.39 is 0 Å². The fraction of sp³-hybridized carbons (Fsp3) is 0. The zero-order valence-electron chi connectivity index (χ0n) is 7.25. The zero-order valence-corrected chi connectivity index (χ0v) is 7.25. The highest BCUT2D eigenvalue weighted by molar-refractivity contribution is 5.92. The van der Waals surface area contributed by atoms with Crippen LogP contribution in [-0.4, -0.2) is 21.4 Å². The highest BCUT2D eigenvalue weighted by Crippen LogP contribution is 2.16. The molecule has 0 spiro atoms. The molecule has 0 saturated carbocycles. The van der Waals surface area contributed by atoms with Crippen LogP contribution in [0.3, 0.4) is 0 Å². The van der Waals surface area contributed by atoms with Gasteiger partial charge in [-0.2, -0.15) is 0 Å². The van der Waals surface area contributed by atoms with Gasteiger partial charge in [0.2, 0.25) is 0 Å². The molecule has 0 radical (unpaired) electrons. The molecule has 5 heteroatoms. The van der Waals surface area contributed by atoms with Crippen LogP contribution in [0.25, 0.3) is 10.9 Å². The first-order chi connectivity index (χ1) is 6.81. The Balaban J connectivity index is 2.67. The molecule has 1 heterocycles. The number of benzene rings is 1. The molecule has 0 aliphatic heterocycles. The molecular weight excluding hydrogens is 180 g/mol. The van der Waals surface area contributed by atoms with Gasteiger partial charge in [0.05, 0.1) is 11.7 Å². The summed E-state index contributed by atoms with van der Waals surface area (Å²) in [6.45, 7) is 0. The van der Waals surface area contributed by atoms with Gasteiger partial charge in [0, 0.05) is 5.39 Å². The molecule has 1 aromatic heterocycles. The Morgan fingerprint density at radius 2 is 2.21 bits per heavy atom. The molecule has 0 aliphatic rings.